The number of hydrogen-bond acceptors (Lipinski definition) is 4. The second kappa shape index (κ2) is 3.66. The smallest absolute Gasteiger partial charge is 0.0486 e. The molecule has 10 heavy (non-hydrogen) atoms. The summed E-state index contributed by atoms with van der Waals surface area (Å²) in [7, 11) is 0. The molecule has 0 radical (unpaired) electrons. The van der Waals surface area contributed by atoms with Crippen LogP contribution in [-0.2, 0) is 9.59 Å². The van der Waals surface area contributed by atoms with Crippen molar-refractivity contribution in [1.82, 2.24) is 0 Å². The fourth-order valence-electron chi connectivity index (χ4n) is 0.442. The highest BCUT2D eigenvalue weighted by molar-refractivity contribution is 5.76. The van der Waals surface area contributed by atoms with Crippen LogP contribution < -0.4 is 10.2 Å². The number of hydrogen-bond donors (Lipinski definition) is 0. The molecule has 0 amide bonds. The predicted molar refractivity (Wildman–Crippen MR) is 28.3 cm³/mol. The minimum atomic E-state index is -1.45. The van der Waals surface area contributed by atoms with E-state index in [1.165, 1.54) is 0 Å². The molecule has 1 atom stereocenters. The van der Waals surface area contributed by atoms with E-state index in [4.69, 9.17) is 0 Å². The monoisotopic (exact) mass is 142 g/mol. The third-order valence-electron chi connectivity index (χ3n) is 0.974. The molecule has 0 saturated carbocycles. The van der Waals surface area contributed by atoms with Gasteiger partial charge in [-0.3, -0.25) is 0 Å². The molecule has 0 aliphatic rings. The summed E-state index contributed by atoms with van der Waals surface area (Å²) < 4.78 is 0. The van der Waals surface area contributed by atoms with Crippen LogP contribution in [0.3, 0.4) is 0 Å². The lowest BCUT2D eigenvalue weighted by molar-refractivity contribution is -0.318. The van der Waals surface area contributed by atoms with Gasteiger partial charge in [0.15, 0.2) is 0 Å². The molecule has 56 valence electrons. The summed E-state index contributed by atoms with van der Waals surface area (Å²) in [5.41, 5.74) is 0. The van der Waals surface area contributed by atoms with Gasteiger partial charge in [-0.2, -0.15) is 0 Å². The van der Waals surface area contributed by atoms with Crippen molar-refractivity contribution < 1.29 is 19.8 Å². The second-order valence-corrected chi connectivity index (χ2v) is 1.74. The zero-order valence-electron chi connectivity index (χ0n) is 5.20. The molecule has 0 aromatic carbocycles. The maximum atomic E-state index is 9.99. The second-order valence-electron chi connectivity index (χ2n) is 1.74. The Morgan fingerprint density at radius 2 is 2.00 bits per heavy atom. The van der Waals surface area contributed by atoms with Gasteiger partial charge in [0.25, 0.3) is 0 Å². The van der Waals surface area contributed by atoms with Gasteiger partial charge in [-0.15, -0.1) is 6.58 Å². The predicted octanol–water partition coefficient (Wildman–Crippen LogP) is -2.32. The first kappa shape index (κ1) is 8.68. The summed E-state index contributed by atoms with van der Waals surface area (Å²) in [4.78, 5) is 19.8. The molecule has 0 fully saturated rings. The first-order valence-electron chi connectivity index (χ1n) is 2.61. The molecule has 0 bridgehead atoms. The van der Waals surface area contributed by atoms with Crippen molar-refractivity contribution in [2.24, 2.45) is 5.92 Å². The summed E-state index contributed by atoms with van der Waals surface area (Å²) in [5.74, 6) is -4.02. The molecule has 0 aromatic heterocycles. The summed E-state index contributed by atoms with van der Waals surface area (Å²) in [6, 6.07) is 0. The molecule has 0 N–H and O–H groups in total. The minimum absolute atomic E-state index is 0.578. The van der Waals surface area contributed by atoms with E-state index in [0.717, 1.165) is 6.08 Å². The maximum absolute atomic E-state index is 9.99. The van der Waals surface area contributed by atoms with Crippen molar-refractivity contribution >= 4 is 11.9 Å². The molecule has 0 heterocycles. The van der Waals surface area contributed by atoms with Gasteiger partial charge in [0.2, 0.25) is 0 Å². The Balaban J connectivity index is 3.96. The van der Waals surface area contributed by atoms with Crippen LogP contribution in [0, 0.1) is 5.92 Å². The number of carbonyl (C=O) groups excluding carboxylic acids is 2. The van der Waals surface area contributed by atoms with Crippen molar-refractivity contribution in [3.63, 3.8) is 0 Å². The molecule has 4 nitrogen and oxygen atoms in total. The summed E-state index contributed by atoms with van der Waals surface area (Å²) in [6.07, 6.45) is 0.428. The zero-order valence-corrected chi connectivity index (χ0v) is 5.20. The number of carboxylic acids is 2. The van der Waals surface area contributed by atoms with Gasteiger partial charge in [0.05, 0.1) is 0 Å². The van der Waals surface area contributed by atoms with Crippen LogP contribution in [0.4, 0.5) is 0 Å². The van der Waals surface area contributed by atoms with Crippen LogP contribution in [0.5, 0.6) is 0 Å². The Labute approximate surface area is 57.8 Å². The highest BCUT2D eigenvalue weighted by Crippen LogP contribution is 2.00. The summed E-state index contributed by atoms with van der Waals surface area (Å²) in [5, 5.41) is 19.8. The standard InChI is InChI=1S/C6H8O4/c1-2-4(6(9)10)3-5(7)8/h2,4H,1,3H2,(H,7,8)(H,9,10)/p-2. The normalized spacial score (nSPS) is 12.0. The highest BCUT2D eigenvalue weighted by atomic mass is 16.4. The Morgan fingerprint density at radius 3 is 2.10 bits per heavy atom. The fourth-order valence-corrected chi connectivity index (χ4v) is 0.442. The van der Waals surface area contributed by atoms with Gasteiger partial charge < -0.3 is 19.8 Å². The van der Waals surface area contributed by atoms with E-state index in [1.807, 2.05) is 0 Å². The lowest BCUT2D eigenvalue weighted by Crippen LogP contribution is -2.35. The van der Waals surface area contributed by atoms with Crippen molar-refractivity contribution in [3.8, 4) is 0 Å². The first-order chi connectivity index (χ1) is 4.57. The van der Waals surface area contributed by atoms with Crippen molar-refractivity contribution in [1.29, 1.82) is 0 Å². The van der Waals surface area contributed by atoms with Gasteiger partial charge in [0.1, 0.15) is 0 Å². The zero-order chi connectivity index (χ0) is 8.15. The molecular formula is C6H6O4-2. The molecule has 4 heteroatoms. The number of carbonyl (C=O) groups is 2. The maximum Gasteiger partial charge on any atom is 0.0486 e. The van der Waals surface area contributed by atoms with Crippen molar-refractivity contribution in [3.05, 3.63) is 12.7 Å². The Bertz CT molecular complexity index is 161. The average molecular weight is 142 g/mol. The van der Waals surface area contributed by atoms with E-state index in [-0.39, 0.29) is 0 Å². The quantitative estimate of drug-likeness (QED) is 0.412. The largest absolute Gasteiger partial charge is 0.550 e. The first-order valence-corrected chi connectivity index (χ1v) is 2.61. The number of aliphatic carboxylic acids is 2. The fraction of sp³-hybridized carbons (Fsp3) is 0.333. The van der Waals surface area contributed by atoms with Gasteiger partial charge in [0, 0.05) is 17.9 Å². The molecular weight excluding hydrogens is 136 g/mol. The minimum Gasteiger partial charge on any atom is -0.550 e. The lowest BCUT2D eigenvalue weighted by atomic mass is 10.1. The molecule has 0 aliphatic carbocycles. The van der Waals surface area contributed by atoms with Gasteiger partial charge >= 0.3 is 0 Å². The topological polar surface area (TPSA) is 80.3 Å². The van der Waals surface area contributed by atoms with Gasteiger partial charge in [-0.05, 0) is 6.42 Å². The third kappa shape index (κ3) is 2.86. The Morgan fingerprint density at radius 1 is 1.50 bits per heavy atom. The van der Waals surface area contributed by atoms with Gasteiger partial charge in [-0.25, -0.2) is 0 Å². The third-order valence-corrected chi connectivity index (χ3v) is 0.974. The van der Waals surface area contributed by atoms with Crippen LogP contribution >= 0.6 is 0 Å². The Kier molecular flexibility index (Phi) is 3.17. The summed E-state index contributed by atoms with van der Waals surface area (Å²) in [6.45, 7) is 3.12. The average Bonchev–Trinajstić information content (AvgIpc) is 1.81. The van der Waals surface area contributed by atoms with Crippen LogP contribution in [0.25, 0.3) is 0 Å². The van der Waals surface area contributed by atoms with E-state index in [0.29, 0.717) is 0 Å². The van der Waals surface area contributed by atoms with E-state index in [2.05, 4.69) is 6.58 Å². The molecule has 0 rings (SSSR count). The SMILES string of the molecule is C=CC(CC(=O)[O-])C(=O)[O-]. The van der Waals surface area contributed by atoms with E-state index in [1.54, 1.807) is 0 Å². The lowest BCUT2D eigenvalue weighted by Gasteiger charge is -2.12. The molecule has 0 aliphatic heterocycles. The molecule has 0 saturated heterocycles. The van der Waals surface area contributed by atoms with Crippen molar-refractivity contribution in [2.45, 2.75) is 6.42 Å². The van der Waals surface area contributed by atoms with Crippen LogP contribution in [0.1, 0.15) is 6.42 Å². The molecule has 1 unspecified atom stereocenters. The van der Waals surface area contributed by atoms with E-state index in [9.17, 15) is 19.8 Å². The van der Waals surface area contributed by atoms with Crippen molar-refractivity contribution in [2.75, 3.05) is 0 Å². The van der Waals surface area contributed by atoms with E-state index < -0.39 is 24.3 Å². The molecule has 0 aromatic rings. The Hall–Kier alpha value is -1.32. The summed E-state index contributed by atoms with van der Waals surface area (Å²) >= 11 is 0. The van der Waals surface area contributed by atoms with Gasteiger partial charge in [-0.1, -0.05) is 6.08 Å². The highest BCUT2D eigenvalue weighted by Gasteiger charge is 2.03. The van der Waals surface area contributed by atoms with Crippen LogP contribution in [-0.4, -0.2) is 11.9 Å². The van der Waals surface area contributed by atoms with Crippen LogP contribution in [0.2, 0.25) is 0 Å². The number of rotatable bonds is 4. The van der Waals surface area contributed by atoms with Crippen LogP contribution in [0.15, 0.2) is 12.7 Å². The number of carboxylic acid groups (broad SMARTS) is 2. The van der Waals surface area contributed by atoms with E-state index >= 15 is 0 Å². The molecule has 0 spiro atoms.